The fraction of sp³-hybridized carbons (Fsp3) is 0.364. The van der Waals surface area contributed by atoms with E-state index in [2.05, 4.69) is 15.0 Å². The predicted molar refractivity (Wildman–Crippen MR) is 56.8 cm³/mol. The largest absolute Gasteiger partial charge is 0.474 e. The summed E-state index contributed by atoms with van der Waals surface area (Å²) in [7, 11) is 1.28. The van der Waals surface area contributed by atoms with Crippen molar-refractivity contribution in [3.05, 3.63) is 18.0 Å². The van der Waals surface area contributed by atoms with E-state index in [1.807, 2.05) is 0 Å². The van der Waals surface area contributed by atoms with E-state index in [1.54, 1.807) is 0 Å². The van der Waals surface area contributed by atoms with Crippen molar-refractivity contribution < 1.29 is 19.1 Å². The highest BCUT2D eigenvalue weighted by atomic mass is 16.5. The van der Waals surface area contributed by atoms with Gasteiger partial charge in [0.1, 0.15) is 0 Å². The van der Waals surface area contributed by atoms with E-state index in [0.29, 0.717) is 11.4 Å². The smallest absolute Gasteiger partial charge is 0.356 e. The number of rotatable bonds is 1. The summed E-state index contributed by atoms with van der Waals surface area (Å²) < 4.78 is 10.1. The maximum atomic E-state index is 11.7. The van der Waals surface area contributed by atoms with Crippen LogP contribution in [0.25, 0.3) is 0 Å². The van der Waals surface area contributed by atoms with E-state index in [9.17, 15) is 9.59 Å². The number of esters is 1. The molecule has 6 nitrogen and oxygen atoms in total. The van der Waals surface area contributed by atoms with Crippen molar-refractivity contribution >= 4 is 17.6 Å². The van der Waals surface area contributed by atoms with E-state index in [0.717, 1.165) is 12.8 Å². The van der Waals surface area contributed by atoms with Gasteiger partial charge in [0.2, 0.25) is 0 Å². The van der Waals surface area contributed by atoms with Gasteiger partial charge in [-0.3, -0.25) is 4.79 Å². The maximum absolute atomic E-state index is 11.7. The monoisotopic (exact) mass is 234 g/mol. The van der Waals surface area contributed by atoms with Crippen LogP contribution in [0.4, 0.5) is 5.69 Å². The van der Waals surface area contributed by atoms with Gasteiger partial charge >= 0.3 is 5.97 Å². The fourth-order valence-corrected chi connectivity index (χ4v) is 1.77. The lowest BCUT2D eigenvalue weighted by atomic mass is 10.2. The zero-order chi connectivity index (χ0) is 12.0. The van der Waals surface area contributed by atoms with Crippen LogP contribution in [0, 0.1) is 0 Å². The first-order valence-electron chi connectivity index (χ1n) is 5.23. The van der Waals surface area contributed by atoms with Gasteiger partial charge in [-0.1, -0.05) is 0 Å². The van der Waals surface area contributed by atoms with Crippen LogP contribution in [0.2, 0.25) is 0 Å². The van der Waals surface area contributed by atoms with Crippen molar-refractivity contribution in [2.45, 2.75) is 18.4 Å². The number of hydrogen-bond acceptors (Lipinski definition) is 5. The van der Waals surface area contributed by atoms with Crippen molar-refractivity contribution in [2.75, 3.05) is 12.4 Å². The number of hydrogen-bond donors (Lipinski definition) is 1. The first kappa shape index (κ1) is 10.1. The highest BCUT2D eigenvalue weighted by molar-refractivity contribution is 6.03. The summed E-state index contributed by atoms with van der Waals surface area (Å²) >= 11 is 0. The summed E-state index contributed by atoms with van der Waals surface area (Å²) in [5.74, 6) is -0.212. The van der Waals surface area contributed by atoms with E-state index < -0.39 is 11.6 Å². The van der Waals surface area contributed by atoms with Gasteiger partial charge < -0.3 is 14.8 Å². The fourth-order valence-electron chi connectivity index (χ4n) is 1.77. The second kappa shape index (κ2) is 3.19. The van der Waals surface area contributed by atoms with E-state index >= 15 is 0 Å². The number of nitrogens with one attached hydrogen (secondary N) is 1. The summed E-state index contributed by atoms with van der Waals surface area (Å²) in [6.45, 7) is 0. The van der Waals surface area contributed by atoms with Gasteiger partial charge in [0.15, 0.2) is 17.0 Å². The Morgan fingerprint density at radius 3 is 3.00 bits per heavy atom. The summed E-state index contributed by atoms with van der Waals surface area (Å²) in [6, 6.07) is 1.45. The molecule has 1 aliphatic carbocycles. The first-order chi connectivity index (χ1) is 8.14. The summed E-state index contributed by atoms with van der Waals surface area (Å²) in [5, 5.41) is 2.72. The molecule has 17 heavy (non-hydrogen) atoms. The van der Waals surface area contributed by atoms with Gasteiger partial charge in [0.05, 0.1) is 19.0 Å². The molecule has 0 bridgehead atoms. The topological polar surface area (TPSA) is 77.5 Å². The number of nitrogens with zero attached hydrogens (tertiary/aromatic N) is 1. The van der Waals surface area contributed by atoms with Crippen molar-refractivity contribution in [3.8, 4) is 5.75 Å². The average Bonchev–Trinajstić information content (AvgIpc) is 3.10. The number of ether oxygens (including phenoxy) is 2. The molecular formula is C11H10N2O4. The van der Waals surface area contributed by atoms with Crippen LogP contribution >= 0.6 is 0 Å². The molecule has 1 aromatic heterocycles. The number of aromatic nitrogens is 1. The van der Waals surface area contributed by atoms with Crippen LogP contribution in [-0.4, -0.2) is 29.6 Å². The summed E-state index contributed by atoms with van der Waals surface area (Å²) in [5.41, 5.74) is -0.0913. The third-order valence-corrected chi connectivity index (χ3v) is 2.93. The zero-order valence-corrected chi connectivity index (χ0v) is 9.15. The molecule has 3 rings (SSSR count). The minimum atomic E-state index is -0.693. The molecule has 1 aromatic rings. The molecule has 0 radical (unpaired) electrons. The molecule has 0 unspecified atom stereocenters. The Morgan fingerprint density at radius 2 is 2.35 bits per heavy atom. The molecule has 1 spiro atoms. The van der Waals surface area contributed by atoms with Crippen molar-refractivity contribution in [3.63, 3.8) is 0 Å². The van der Waals surface area contributed by atoms with Gasteiger partial charge in [-0.05, 0) is 6.07 Å². The Labute approximate surface area is 96.9 Å². The molecule has 1 aliphatic heterocycles. The lowest BCUT2D eigenvalue weighted by molar-refractivity contribution is -0.125. The third kappa shape index (κ3) is 1.44. The predicted octanol–water partition coefficient (Wildman–Crippen LogP) is 0.732. The molecule has 0 atom stereocenters. The highest BCUT2D eigenvalue weighted by Crippen LogP contribution is 2.46. The Morgan fingerprint density at radius 1 is 1.59 bits per heavy atom. The Balaban J connectivity index is 1.97. The number of carbonyl (C=O) groups excluding carboxylic acids is 2. The normalized spacial score (nSPS) is 19.0. The number of anilines is 1. The number of fused-ring (bicyclic) bond motifs is 1. The molecule has 6 heteroatoms. The lowest BCUT2D eigenvalue weighted by Crippen LogP contribution is -2.39. The van der Waals surface area contributed by atoms with Gasteiger partial charge in [-0.15, -0.1) is 0 Å². The molecule has 88 valence electrons. The Bertz CT molecular complexity index is 522. The standard InChI is InChI=1S/C11H10N2O4/c1-16-9(14)7-4-6-8(5-12-7)17-11(2-3-11)10(15)13-6/h4-5H,2-3H2,1H3,(H,13,15). The van der Waals surface area contributed by atoms with Crippen LogP contribution in [-0.2, 0) is 9.53 Å². The van der Waals surface area contributed by atoms with E-state index in [-0.39, 0.29) is 11.6 Å². The summed E-state index contributed by atoms with van der Waals surface area (Å²) in [4.78, 5) is 26.9. The van der Waals surface area contributed by atoms with Crippen LogP contribution in [0.15, 0.2) is 12.3 Å². The van der Waals surface area contributed by atoms with Crippen LogP contribution in [0.5, 0.6) is 5.75 Å². The SMILES string of the molecule is COC(=O)c1cc2c(cn1)OC1(CC1)C(=O)N2. The molecular weight excluding hydrogens is 224 g/mol. The lowest BCUT2D eigenvalue weighted by Gasteiger charge is -2.25. The first-order valence-corrected chi connectivity index (χ1v) is 5.23. The molecule has 2 aliphatic rings. The molecule has 1 N–H and O–H groups in total. The van der Waals surface area contributed by atoms with Crippen molar-refractivity contribution in [1.29, 1.82) is 0 Å². The summed E-state index contributed by atoms with van der Waals surface area (Å²) in [6.07, 6.45) is 2.87. The zero-order valence-electron chi connectivity index (χ0n) is 9.15. The quantitative estimate of drug-likeness (QED) is 0.725. The number of amides is 1. The third-order valence-electron chi connectivity index (χ3n) is 2.93. The number of pyridine rings is 1. The van der Waals surface area contributed by atoms with Crippen molar-refractivity contribution in [2.24, 2.45) is 0 Å². The molecule has 1 saturated carbocycles. The van der Waals surface area contributed by atoms with Gasteiger partial charge in [0, 0.05) is 12.8 Å². The van der Waals surface area contributed by atoms with E-state index in [1.165, 1.54) is 19.4 Å². The molecule has 0 saturated heterocycles. The number of methoxy groups -OCH3 is 1. The highest BCUT2D eigenvalue weighted by Gasteiger charge is 2.55. The van der Waals surface area contributed by atoms with Gasteiger partial charge in [-0.25, -0.2) is 9.78 Å². The number of carbonyl (C=O) groups is 2. The molecule has 1 amide bonds. The molecule has 1 fully saturated rings. The van der Waals surface area contributed by atoms with Gasteiger partial charge in [0.25, 0.3) is 5.91 Å². The Hall–Kier alpha value is -2.11. The Kier molecular flexibility index (Phi) is 1.89. The van der Waals surface area contributed by atoms with Crippen LogP contribution < -0.4 is 10.1 Å². The maximum Gasteiger partial charge on any atom is 0.356 e. The molecule has 2 heterocycles. The minimum absolute atomic E-state index is 0.141. The van der Waals surface area contributed by atoms with Crippen LogP contribution in [0.1, 0.15) is 23.3 Å². The van der Waals surface area contributed by atoms with Gasteiger partial charge in [-0.2, -0.15) is 0 Å². The minimum Gasteiger partial charge on any atom is -0.474 e. The van der Waals surface area contributed by atoms with Crippen molar-refractivity contribution in [1.82, 2.24) is 4.98 Å². The average molecular weight is 234 g/mol. The second-order valence-electron chi connectivity index (χ2n) is 4.11. The van der Waals surface area contributed by atoms with E-state index in [4.69, 9.17) is 4.74 Å². The molecule has 0 aromatic carbocycles. The second-order valence-corrected chi connectivity index (χ2v) is 4.11. The van der Waals surface area contributed by atoms with Crippen LogP contribution in [0.3, 0.4) is 0 Å².